The zero-order valence-electron chi connectivity index (χ0n) is 33.9. The number of carbonyl (C=O) groups is 2. The number of aliphatic hydroxyl groups is 8. The number of aliphatic hydroxyl groups excluding tert-OH is 8. The van der Waals surface area contributed by atoms with Gasteiger partial charge in [0.25, 0.3) is 0 Å². The maximum absolute atomic E-state index is 12.5. The zero-order valence-corrected chi connectivity index (χ0v) is 37.2. The molecule has 67 heavy (non-hydrogen) atoms. The summed E-state index contributed by atoms with van der Waals surface area (Å²) in [5.74, 6) is -1.94. The van der Waals surface area contributed by atoms with Gasteiger partial charge in [0.2, 0.25) is 11.8 Å². The minimum atomic E-state index is -5.43. The Morgan fingerprint density at radius 2 is 0.761 bits per heavy atom. The highest BCUT2D eigenvalue weighted by molar-refractivity contribution is 7.81. The van der Waals surface area contributed by atoms with Crippen LogP contribution in [0.5, 0.6) is 0 Å². The van der Waals surface area contributed by atoms with Crippen molar-refractivity contribution in [3.05, 3.63) is 0 Å². The maximum Gasteiger partial charge on any atom is 0.397 e. The van der Waals surface area contributed by atoms with E-state index in [9.17, 15) is 93.2 Å². The first kappa shape index (κ1) is 57.4. The maximum atomic E-state index is 12.5. The molecule has 20 atom stereocenters. The van der Waals surface area contributed by atoms with E-state index >= 15 is 0 Å². The standard InChI is InChI=1S/C28H48N2O33S4/c1-7(31)29-13-17(35)22(11(57-25(13)40)5-55-66(47,48)49)62-28-21(39)24(16(34)10(59-28)4-54-65(44,45)46)63-26-14(30-8(2)32)18(36)23(12(60-26)6-56-67(50,51)52)61-27-20(38)19(37)15(33)9(58-27)3-53-64(41,42)43/h9-28,33-40H,3-6H2,1-2H3,(H,29,31)(H,30,32)(H,41,42,43)(H,44,45,46)(H,47,48,49)(H,50,51,52). The largest absolute Gasteiger partial charge is 0.397 e. The molecule has 4 aliphatic rings. The van der Waals surface area contributed by atoms with Crippen LogP contribution in [0.15, 0.2) is 0 Å². The molecule has 20 unspecified atom stereocenters. The SMILES string of the molecule is CC(=O)NC1C(O)OC(COS(=O)(=O)O)C(OC2OC(COS(=O)(=O)O)C(O)C(OC3OC(COS(=O)(=O)O)C(OC4OC(COS(=O)(=O)O)C(O)C(O)C4O)C(O)C3NC(C)=O)C2O)C1O. The van der Waals surface area contributed by atoms with Gasteiger partial charge < -0.3 is 84.6 Å². The molecule has 0 aromatic carbocycles. The van der Waals surface area contributed by atoms with Crippen molar-refractivity contribution in [2.45, 2.75) is 137 Å². The first-order valence-electron chi connectivity index (χ1n) is 18.7. The first-order valence-corrected chi connectivity index (χ1v) is 24.2. The van der Waals surface area contributed by atoms with Gasteiger partial charge in [-0.3, -0.25) is 27.8 Å². The van der Waals surface area contributed by atoms with Gasteiger partial charge in [-0.15, -0.1) is 0 Å². The minimum absolute atomic E-state index is 0.842. The molecule has 0 radical (unpaired) electrons. The summed E-state index contributed by atoms with van der Waals surface area (Å²) in [5, 5.41) is 92.0. The average Bonchev–Trinajstić information content (AvgIpc) is 3.18. The van der Waals surface area contributed by atoms with E-state index in [2.05, 4.69) is 27.4 Å². The minimum Gasteiger partial charge on any atom is -0.388 e. The normalized spacial score (nSPS) is 40.2. The van der Waals surface area contributed by atoms with E-state index in [0.29, 0.717) is 0 Å². The molecule has 392 valence electrons. The number of hydrogen-bond donors (Lipinski definition) is 14. The lowest BCUT2D eigenvalue weighted by molar-refractivity contribution is -0.376. The van der Waals surface area contributed by atoms with Crippen molar-refractivity contribution in [1.82, 2.24) is 10.6 Å². The molecule has 0 aliphatic carbocycles. The quantitative estimate of drug-likeness (QED) is 0.0504. The molecule has 0 saturated carbocycles. The highest BCUT2D eigenvalue weighted by Gasteiger charge is 2.56. The number of hydrogen-bond acceptors (Lipinski definition) is 29. The van der Waals surface area contributed by atoms with Crippen molar-refractivity contribution in [1.29, 1.82) is 0 Å². The van der Waals surface area contributed by atoms with E-state index in [0.717, 1.165) is 13.8 Å². The van der Waals surface area contributed by atoms with Crippen LogP contribution in [0.3, 0.4) is 0 Å². The van der Waals surface area contributed by atoms with Crippen molar-refractivity contribution in [3.8, 4) is 0 Å². The van der Waals surface area contributed by atoms with E-state index in [1.807, 2.05) is 0 Å². The molecule has 4 fully saturated rings. The summed E-state index contributed by atoms with van der Waals surface area (Å²) in [7, 11) is -21.3. The summed E-state index contributed by atoms with van der Waals surface area (Å²) in [6.45, 7) is -3.56. The number of carbonyl (C=O) groups excluding carboxylic acids is 2. The Hall–Kier alpha value is -2.18. The van der Waals surface area contributed by atoms with Crippen LogP contribution in [-0.2, 0) is 101 Å². The topological polar surface area (TPSA) is 539 Å². The van der Waals surface area contributed by atoms with Gasteiger partial charge in [0.05, 0.1) is 26.4 Å². The average molecular weight is 1070 g/mol. The Labute approximate surface area is 378 Å². The number of amides is 2. The molecular weight excluding hydrogens is 1020 g/mol. The molecule has 35 nitrogen and oxygen atoms in total. The molecule has 0 aromatic heterocycles. The zero-order chi connectivity index (χ0) is 50.7. The van der Waals surface area contributed by atoms with Gasteiger partial charge >= 0.3 is 41.6 Å². The smallest absolute Gasteiger partial charge is 0.388 e. The second-order valence-electron chi connectivity index (χ2n) is 14.7. The Kier molecular flexibility index (Phi) is 19.6. The lowest BCUT2D eigenvalue weighted by Crippen LogP contribution is -2.70. The molecule has 4 heterocycles. The summed E-state index contributed by atoms with van der Waals surface area (Å²) >= 11 is 0. The van der Waals surface area contributed by atoms with E-state index in [1.54, 1.807) is 0 Å². The fourth-order valence-corrected chi connectivity index (χ4v) is 8.14. The fraction of sp³-hybridized carbons (Fsp3) is 0.929. The van der Waals surface area contributed by atoms with Gasteiger partial charge in [0.15, 0.2) is 25.2 Å². The third-order valence-corrected chi connectivity index (χ3v) is 11.6. The monoisotopic (exact) mass is 1070 g/mol. The summed E-state index contributed by atoms with van der Waals surface area (Å²) in [6, 6.07) is -3.90. The van der Waals surface area contributed by atoms with Crippen LogP contribution in [0.25, 0.3) is 0 Å². The van der Waals surface area contributed by atoms with Crippen LogP contribution in [0.4, 0.5) is 0 Å². The second kappa shape index (κ2) is 22.9. The Bertz CT molecular complexity index is 2130. The Morgan fingerprint density at radius 1 is 0.418 bits per heavy atom. The van der Waals surface area contributed by atoms with Gasteiger partial charge in [0, 0.05) is 13.8 Å². The predicted octanol–water partition coefficient (Wildman–Crippen LogP) is -10.2. The molecule has 14 N–H and O–H groups in total. The van der Waals surface area contributed by atoms with Crippen LogP contribution >= 0.6 is 0 Å². The molecule has 0 aromatic rings. The van der Waals surface area contributed by atoms with Crippen LogP contribution < -0.4 is 10.6 Å². The van der Waals surface area contributed by atoms with Crippen molar-refractivity contribution >= 4 is 53.4 Å². The van der Waals surface area contributed by atoms with E-state index in [1.165, 1.54) is 0 Å². The van der Waals surface area contributed by atoms with Crippen molar-refractivity contribution in [2.75, 3.05) is 26.4 Å². The molecule has 2 amide bonds. The van der Waals surface area contributed by atoms with Crippen LogP contribution in [0.2, 0.25) is 0 Å². The molecule has 4 rings (SSSR count). The van der Waals surface area contributed by atoms with Gasteiger partial charge in [-0.05, 0) is 0 Å². The van der Waals surface area contributed by atoms with E-state index in [4.69, 9.17) is 42.3 Å². The number of ether oxygens (including phenoxy) is 7. The summed E-state index contributed by atoms with van der Waals surface area (Å²) in [4.78, 5) is 24.4. The summed E-state index contributed by atoms with van der Waals surface area (Å²) in [5.41, 5.74) is 0. The van der Waals surface area contributed by atoms with Crippen LogP contribution in [-0.4, -0.2) is 254 Å². The first-order chi connectivity index (χ1) is 30.7. The molecule has 39 heteroatoms. The Morgan fingerprint density at radius 3 is 1.19 bits per heavy atom. The molecule has 4 aliphatic heterocycles. The van der Waals surface area contributed by atoms with Crippen molar-refractivity contribution in [2.24, 2.45) is 0 Å². The van der Waals surface area contributed by atoms with Crippen molar-refractivity contribution < 1.29 is 152 Å². The van der Waals surface area contributed by atoms with Crippen LogP contribution in [0.1, 0.15) is 13.8 Å². The Balaban J connectivity index is 1.73. The van der Waals surface area contributed by atoms with Gasteiger partial charge in [0.1, 0.15) is 97.5 Å². The third kappa shape index (κ3) is 16.4. The molecule has 0 spiro atoms. The summed E-state index contributed by atoms with van der Waals surface area (Å²) < 4.78 is 184. The highest BCUT2D eigenvalue weighted by atomic mass is 32.3. The lowest BCUT2D eigenvalue weighted by Gasteiger charge is -2.50. The molecule has 4 saturated heterocycles. The number of rotatable bonds is 20. The van der Waals surface area contributed by atoms with Gasteiger partial charge in [-0.25, -0.2) is 16.7 Å². The van der Waals surface area contributed by atoms with Gasteiger partial charge in [-0.1, -0.05) is 0 Å². The van der Waals surface area contributed by atoms with E-state index in [-0.39, 0.29) is 0 Å². The van der Waals surface area contributed by atoms with Gasteiger partial charge in [-0.2, -0.15) is 33.7 Å². The predicted molar refractivity (Wildman–Crippen MR) is 199 cm³/mol. The summed E-state index contributed by atoms with van der Waals surface area (Å²) in [6.07, 6.45) is -40.4. The van der Waals surface area contributed by atoms with Crippen LogP contribution in [0, 0.1) is 0 Å². The molecule has 0 bridgehead atoms. The number of nitrogens with one attached hydrogen (secondary N) is 2. The fourth-order valence-electron chi connectivity index (χ4n) is 6.91. The molecular formula is C28H48N2O33S4. The second-order valence-corrected chi connectivity index (χ2v) is 19.1. The third-order valence-electron chi connectivity index (χ3n) is 9.81. The lowest BCUT2D eigenvalue weighted by atomic mass is 9.94. The van der Waals surface area contributed by atoms with E-state index < -0.39 is 203 Å². The highest BCUT2D eigenvalue weighted by Crippen LogP contribution is 2.35. The van der Waals surface area contributed by atoms with Crippen molar-refractivity contribution in [3.63, 3.8) is 0 Å².